The Balaban J connectivity index is 0.00000264. The Morgan fingerprint density at radius 3 is 2.57 bits per heavy atom. The Morgan fingerprint density at radius 1 is 1.35 bits per heavy atom. The summed E-state index contributed by atoms with van der Waals surface area (Å²) >= 11 is 0. The zero-order chi connectivity index (χ0) is 16.3. The van der Waals surface area contributed by atoms with E-state index in [0.717, 1.165) is 10.4 Å². The van der Waals surface area contributed by atoms with E-state index in [1.807, 2.05) is 0 Å². The van der Waals surface area contributed by atoms with E-state index in [2.05, 4.69) is 5.32 Å². The van der Waals surface area contributed by atoms with Gasteiger partial charge in [-0.1, -0.05) is 6.07 Å². The molecule has 0 unspecified atom stereocenters. The number of hydrogen-bond donors (Lipinski definition) is 1. The van der Waals surface area contributed by atoms with Crippen molar-refractivity contribution in [2.45, 2.75) is 11.8 Å². The number of likely N-dealkylation sites (N-methyl/N-ethyl adjacent to an activating group) is 1. The highest BCUT2D eigenvalue weighted by molar-refractivity contribution is 7.89. The molecule has 6 nitrogen and oxygen atoms in total. The van der Waals surface area contributed by atoms with E-state index < -0.39 is 15.8 Å². The minimum absolute atomic E-state index is 0. The van der Waals surface area contributed by atoms with Gasteiger partial charge in [0.05, 0.1) is 11.4 Å². The third kappa shape index (κ3) is 4.63. The second-order valence-electron chi connectivity index (χ2n) is 5.30. The zero-order valence-corrected chi connectivity index (χ0v) is 14.7. The summed E-state index contributed by atoms with van der Waals surface area (Å²) in [4.78, 5) is 13.7. The third-order valence-electron chi connectivity index (χ3n) is 3.67. The predicted octanol–water partition coefficient (Wildman–Crippen LogP) is 0.608. The molecular formula is C14H21ClFN3O3S. The number of aryl methyl sites for hydroxylation is 1. The van der Waals surface area contributed by atoms with Crippen LogP contribution in [0.3, 0.4) is 0 Å². The van der Waals surface area contributed by atoms with Crippen LogP contribution in [0.4, 0.5) is 4.39 Å². The average Bonchev–Trinajstić information content (AvgIpc) is 2.50. The Hall–Kier alpha value is -1.22. The number of benzene rings is 1. The van der Waals surface area contributed by atoms with Crippen LogP contribution in [0.1, 0.15) is 5.56 Å². The first-order chi connectivity index (χ1) is 10.3. The van der Waals surface area contributed by atoms with Gasteiger partial charge >= 0.3 is 0 Å². The van der Waals surface area contributed by atoms with E-state index in [4.69, 9.17) is 0 Å². The molecular weight excluding hydrogens is 345 g/mol. The number of piperazine rings is 1. The van der Waals surface area contributed by atoms with E-state index in [1.165, 1.54) is 19.2 Å². The van der Waals surface area contributed by atoms with Crippen molar-refractivity contribution in [1.29, 1.82) is 0 Å². The molecule has 1 amide bonds. The van der Waals surface area contributed by atoms with Crippen LogP contribution in [0, 0.1) is 12.7 Å². The molecule has 1 aliphatic heterocycles. The molecule has 0 spiro atoms. The van der Waals surface area contributed by atoms with E-state index >= 15 is 0 Å². The van der Waals surface area contributed by atoms with Crippen molar-refractivity contribution in [1.82, 2.24) is 14.5 Å². The predicted molar refractivity (Wildman–Crippen MR) is 87.7 cm³/mol. The van der Waals surface area contributed by atoms with E-state index in [-0.39, 0.29) is 29.8 Å². The SMILES string of the molecule is Cc1ccc(F)cc1S(=O)(=O)N(C)CC(=O)N1CCNCC1.Cl. The maximum atomic E-state index is 13.3. The van der Waals surface area contributed by atoms with Crippen molar-refractivity contribution in [3.63, 3.8) is 0 Å². The van der Waals surface area contributed by atoms with Gasteiger partial charge in [-0.25, -0.2) is 12.8 Å². The second kappa shape index (κ2) is 8.05. The number of rotatable bonds is 4. The molecule has 23 heavy (non-hydrogen) atoms. The van der Waals surface area contributed by atoms with Gasteiger partial charge in [0.1, 0.15) is 5.82 Å². The lowest BCUT2D eigenvalue weighted by Gasteiger charge is -2.29. The third-order valence-corrected chi connectivity index (χ3v) is 5.61. The highest BCUT2D eigenvalue weighted by atomic mass is 35.5. The molecule has 1 aromatic carbocycles. The molecule has 1 heterocycles. The number of nitrogens with zero attached hydrogens (tertiary/aromatic N) is 2. The number of carbonyl (C=O) groups excluding carboxylic acids is 1. The molecule has 0 atom stereocenters. The van der Waals surface area contributed by atoms with Gasteiger partial charge in [0, 0.05) is 33.2 Å². The van der Waals surface area contributed by atoms with Gasteiger partial charge in [0.15, 0.2) is 0 Å². The summed E-state index contributed by atoms with van der Waals surface area (Å²) in [6.45, 7) is 3.87. The van der Waals surface area contributed by atoms with Crippen LogP contribution >= 0.6 is 12.4 Å². The Bertz CT molecular complexity index is 663. The average molecular weight is 366 g/mol. The van der Waals surface area contributed by atoms with Crippen LogP contribution in [0.5, 0.6) is 0 Å². The van der Waals surface area contributed by atoms with Gasteiger partial charge in [-0.2, -0.15) is 4.31 Å². The topological polar surface area (TPSA) is 69.7 Å². The summed E-state index contributed by atoms with van der Waals surface area (Å²) in [6, 6.07) is 3.60. The molecule has 1 N–H and O–H groups in total. The monoisotopic (exact) mass is 365 g/mol. The number of sulfonamides is 1. The zero-order valence-electron chi connectivity index (χ0n) is 13.1. The molecule has 0 radical (unpaired) electrons. The summed E-state index contributed by atoms with van der Waals surface area (Å²) in [5.41, 5.74) is 0.447. The van der Waals surface area contributed by atoms with Gasteiger partial charge in [-0.15, -0.1) is 12.4 Å². The Kier molecular flexibility index (Phi) is 6.94. The van der Waals surface area contributed by atoms with Crippen LogP contribution in [-0.2, 0) is 14.8 Å². The Labute approximate surface area is 142 Å². The van der Waals surface area contributed by atoms with E-state index in [9.17, 15) is 17.6 Å². The highest BCUT2D eigenvalue weighted by Gasteiger charge is 2.27. The fourth-order valence-corrected chi connectivity index (χ4v) is 3.66. The fourth-order valence-electron chi connectivity index (χ4n) is 2.31. The van der Waals surface area contributed by atoms with E-state index in [0.29, 0.717) is 31.7 Å². The number of nitrogens with one attached hydrogen (secondary N) is 1. The molecule has 9 heteroatoms. The lowest BCUT2D eigenvalue weighted by molar-refractivity contribution is -0.131. The first-order valence-corrected chi connectivity index (χ1v) is 8.47. The van der Waals surface area contributed by atoms with Crippen molar-refractivity contribution >= 4 is 28.3 Å². The number of halogens is 2. The molecule has 2 rings (SSSR count). The minimum atomic E-state index is -3.90. The van der Waals surface area contributed by atoms with Crippen molar-refractivity contribution in [2.75, 3.05) is 39.8 Å². The normalized spacial score (nSPS) is 15.4. The summed E-state index contributed by atoms with van der Waals surface area (Å²) in [6.07, 6.45) is 0. The molecule has 1 aliphatic rings. The van der Waals surface area contributed by atoms with Crippen molar-refractivity contribution in [2.24, 2.45) is 0 Å². The number of hydrogen-bond acceptors (Lipinski definition) is 4. The smallest absolute Gasteiger partial charge is 0.243 e. The highest BCUT2D eigenvalue weighted by Crippen LogP contribution is 2.20. The number of amides is 1. The van der Waals surface area contributed by atoms with E-state index in [1.54, 1.807) is 11.8 Å². The summed E-state index contributed by atoms with van der Waals surface area (Å²) in [7, 11) is -2.56. The lowest BCUT2D eigenvalue weighted by atomic mass is 10.2. The number of carbonyl (C=O) groups is 1. The molecule has 0 aliphatic carbocycles. The van der Waals surface area contributed by atoms with Crippen LogP contribution in [0.2, 0.25) is 0 Å². The van der Waals surface area contributed by atoms with Crippen molar-refractivity contribution < 1.29 is 17.6 Å². The van der Waals surface area contributed by atoms with Crippen LogP contribution < -0.4 is 5.32 Å². The molecule has 1 aromatic rings. The van der Waals surface area contributed by atoms with Crippen LogP contribution in [-0.4, -0.2) is 63.3 Å². The second-order valence-corrected chi connectivity index (χ2v) is 7.31. The van der Waals surface area contributed by atoms with Gasteiger partial charge in [0.2, 0.25) is 15.9 Å². The Morgan fingerprint density at radius 2 is 1.96 bits per heavy atom. The maximum absolute atomic E-state index is 13.3. The molecule has 1 fully saturated rings. The molecule has 0 bridgehead atoms. The van der Waals surface area contributed by atoms with Crippen molar-refractivity contribution in [3.8, 4) is 0 Å². The molecule has 0 saturated carbocycles. The summed E-state index contributed by atoms with van der Waals surface area (Å²) in [5.74, 6) is -0.868. The summed E-state index contributed by atoms with van der Waals surface area (Å²) < 4.78 is 39.3. The van der Waals surface area contributed by atoms with Gasteiger partial charge in [-0.3, -0.25) is 4.79 Å². The van der Waals surface area contributed by atoms with Gasteiger partial charge < -0.3 is 10.2 Å². The maximum Gasteiger partial charge on any atom is 0.243 e. The first kappa shape index (κ1) is 19.8. The lowest BCUT2D eigenvalue weighted by Crippen LogP contribution is -2.49. The van der Waals surface area contributed by atoms with Crippen molar-refractivity contribution in [3.05, 3.63) is 29.6 Å². The van der Waals surface area contributed by atoms with Crippen LogP contribution in [0.25, 0.3) is 0 Å². The largest absolute Gasteiger partial charge is 0.339 e. The standard InChI is InChI=1S/C14H20FN3O3S.ClH/c1-11-3-4-12(15)9-13(11)22(20,21)17(2)10-14(19)18-7-5-16-6-8-18;/h3-4,9,16H,5-8,10H2,1-2H3;1H. The summed E-state index contributed by atoms with van der Waals surface area (Å²) in [5, 5.41) is 3.13. The fraction of sp³-hybridized carbons (Fsp3) is 0.500. The van der Waals surface area contributed by atoms with Gasteiger partial charge in [-0.05, 0) is 24.6 Å². The minimum Gasteiger partial charge on any atom is -0.339 e. The first-order valence-electron chi connectivity index (χ1n) is 7.03. The molecule has 130 valence electrons. The quantitative estimate of drug-likeness (QED) is 0.848. The van der Waals surface area contributed by atoms with Gasteiger partial charge in [0.25, 0.3) is 0 Å². The van der Waals surface area contributed by atoms with Crippen LogP contribution in [0.15, 0.2) is 23.1 Å². The molecule has 0 aromatic heterocycles. The molecule has 1 saturated heterocycles.